The number of nitrogens with zero attached hydrogens (tertiary/aromatic N) is 1. The second-order valence-electron chi connectivity index (χ2n) is 4.44. The first-order chi connectivity index (χ1) is 8.12. The second kappa shape index (κ2) is 4.71. The highest BCUT2D eigenvalue weighted by Gasteiger charge is 2.37. The van der Waals surface area contributed by atoms with Crippen molar-refractivity contribution in [3.8, 4) is 5.75 Å². The molecule has 0 bridgehead atoms. The van der Waals surface area contributed by atoms with Crippen LogP contribution < -0.4 is 5.32 Å². The molecule has 1 aliphatic rings. The Hall–Kier alpha value is -1.62. The molecule has 92 valence electrons. The summed E-state index contributed by atoms with van der Waals surface area (Å²) in [4.78, 5) is 15.7. The van der Waals surface area contributed by atoms with Crippen LogP contribution >= 0.6 is 0 Å². The van der Waals surface area contributed by atoms with Gasteiger partial charge in [0, 0.05) is 6.20 Å². The van der Waals surface area contributed by atoms with Crippen LogP contribution in [0.4, 0.5) is 5.69 Å². The lowest BCUT2D eigenvalue weighted by atomic mass is 9.84. The molecule has 1 aromatic rings. The van der Waals surface area contributed by atoms with Crippen LogP contribution in [0.25, 0.3) is 0 Å². The van der Waals surface area contributed by atoms with Crippen LogP contribution in [0.2, 0.25) is 0 Å². The number of amides is 1. The zero-order valence-corrected chi connectivity index (χ0v) is 9.52. The third kappa shape index (κ3) is 2.55. The smallest absolute Gasteiger partial charge is 0.256 e. The Balaban J connectivity index is 2.08. The molecular formula is C12H16N2O3. The van der Waals surface area contributed by atoms with Gasteiger partial charge in [-0.2, -0.15) is 0 Å². The maximum atomic E-state index is 11.9. The highest BCUT2D eigenvalue weighted by atomic mass is 16.3. The van der Waals surface area contributed by atoms with Crippen molar-refractivity contribution in [3.63, 3.8) is 0 Å². The number of aromatic hydroxyl groups is 1. The molecule has 0 aromatic carbocycles. The number of nitrogens with one attached hydrogen (secondary N) is 1. The number of carbonyl (C=O) groups excluding carboxylic acids is 1. The summed E-state index contributed by atoms with van der Waals surface area (Å²) in [7, 11) is 0. The van der Waals surface area contributed by atoms with E-state index in [0.717, 1.165) is 19.3 Å². The number of carbonyl (C=O) groups is 1. The third-order valence-corrected chi connectivity index (χ3v) is 3.15. The minimum atomic E-state index is -1.30. The summed E-state index contributed by atoms with van der Waals surface area (Å²) >= 11 is 0. The van der Waals surface area contributed by atoms with Crippen LogP contribution in [-0.4, -0.2) is 26.7 Å². The van der Waals surface area contributed by atoms with E-state index >= 15 is 0 Å². The van der Waals surface area contributed by atoms with E-state index in [1.165, 1.54) is 18.5 Å². The van der Waals surface area contributed by atoms with E-state index in [1.807, 2.05) is 0 Å². The van der Waals surface area contributed by atoms with Crippen LogP contribution in [0.1, 0.15) is 32.1 Å². The minimum Gasteiger partial charge on any atom is -0.504 e. The number of aromatic nitrogens is 1. The Morgan fingerprint density at radius 3 is 2.71 bits per heavy atom. The van der Waals surface area contributed by atoms with Gasteiger partial charge in [-0.1, -0.05) is 19.3 Å². The van der Waals surface area contributed by atoms with Gasteiger partial charge in [-0.15, -0.1) is 0 Å². The molecule has 17 heavy (non-hydrogen) atoms. The number of pyridine rings is 1. The van der Waals surface area contributed by atoms with Crippen molar-refractivity contribution in [1.29, 1.82) is 0 Å². The Morgan fingerprint density at radius 2 is 2.06 bits per heavy atom. The predicted molar refractivity (Wildman–Crippen MR) is 62.6 cm³/mol. The summed E-state index contributed by atoms with van der Waals surface area (Å²) in [5.74, 6) is -0.543. The second-order valence-corrected chi connectivity index (χ2v) is 4.44. The number of aliphatic hydroxyl groups is 1. The summed E-state index contributed by atoms with van der Waals surface area (Å²) in [6.07, 6.45) is 6.44. The average molecular weight is 236 g/mol. The van der Waals surface area contributed by atoms with Gasteiger partial charge in [0.1, 0.15) is 5.60 Å². The highest BCUT2D eigenvalue weighted by molar-refractivity contribution is 5.98. The first-order valence-corrected chi connectivity index (χ1v) is 5.79. The van der Waals surface area contributed by atoms with Crippen LogP contribution in [-0.2, 0) is 4.79 Å². The normalized spacial score (nSPS) is 18.6. The fourth-order valence-electron chi connectivity index (χ4n) is 2.09. The molecule has 0 saturated heterocycles. The monoisotopic (exact) mass is 236 g/mol. The van der Waals surface area contributed by atoms with Gasteiger partial charge in [-0.3, -0.25) is 9.78 Å². The van der Waals surface area contributed by atoms with Crippen LogP contribution in [0.15, 0.2) is 18.5 Å². The van der Waals surface area contributed by atoms with E-state index in [1.54, 1.807) is 0 Å². The molecule has 5 heteroatoms. The molecule has 0 atom stereocenters. The largest absolute Gasteiger partial charge is 0.504 e. The minimum absolute atomic E-state index is 0.0970. The molecular weight excluding hydrogens is 220 g/mol. The standard InChI is InChI=1S/C12H16N2O3/c15-10-8-13-7-4-9(10)14-11(16)12(17)5-2-1-3-6-12/h4,7-8,15,17H,1-3,5-6H2,(H,13,14,16). The fraction of sp³-hybridized carbons (Fsp3) is 0.500. The van der Waals surface area contributed by atoms with Crippen molar-refractivity contribution in [1.82, 2.24) is 4.98 Å². The number of hydrogen-bond donors (Lipinski definition) is 3. The van der Waals surface area contributed by atoms with Gasteiger partial charge in [-0.25, -0.2) is 0 Å². The Bertz CT molecular complexity index is 414. The molecule has 0 radical (unpaired) electrons. The zero-order valence-electron chi connectivity index (χ0n) is 9.52. The Kier molecular flexibility index (Phi) is 3.28. The fourth-order valence-corrected chi connectivity index (χ4v) is 2.09. The molecule has 0 aliphatic heterocycles. The van der Waals surface area contributed by atoms with E-state index in [-0.39, 0.29) is 11.4 Å². The van der Waals surface area contributed by atoms with E-state index in [4.69, 9.17) is 0 Å². The van der Waals surface area contributed by atoms with Gasteiger partial charge in [0.05, 0.1) is 11.9 Å². The molecule has 1 saturated carbocycles. The predicted octanol–water partition coefficient (Wildman–Crippen LogP) is 1.42. The molecule has 1 heterocycles. The summed E-state index contributed by atoms with van der Waals surface area (Å²) < 4.78 is 0. The van der Waals surface area contributed by atoms with Crippen molar-refractivity contribution < 1.29 is 15.0 Å². The van der Waals surface area contributed by atoms with Gasteiger partial charge in [0.25, 0.3) is 5.91 Å². The Morgan fingerprint density at radius 1 is 1.35 bits per heavy atom. The van der Waals surface area contributed by atoms with E-state index in [9.17, 15) is 15.0 Å². The van der Waals surface area contributed by atoms with Crippen molar-refractivity contribution in [2.24, 2.45) is 0 Å². The van der Waals surface area contributed by atoms with Gasteiger partial charge >= 0.3 is 0 Å². The summed E-state index contributed by atoms with van der Waals surface area (Å²) in [6.45, 7) is 0. The molecule has 1 aromatic heterocycles. The van der Waals surface area contributed by atoms with Crippen LogP contribution in [0.5, 0.6) is 5.75 Å². The molecule has 1 aliphatic carbocycles. The van der Waals surface area contributed by atoms with Crippen LogP contribution in [0.3, 0.4) is 0 Å². The summed E-state index contributed by atoms with van der Waals surface area (Å²) in [5.41, 5.74) is -1.02. The molecule has 2 rings (SSSR count). The SMILES string of the molecule is O=C(Nc1ccncc1O)C1(O)CCCCC1. The average Bonchev–Trinajstić information content (AvgIpc) is 2.33. The summed E-state index contributed by atoms with van der Waals surface area (Å²) in [6, 6.07) is 1.50. The molecule has 1 amide bonds. The first-order valence-electron chi connectivity index (χ1n) is 5.79. The van der Waals surface area contributed by atoms with Crippen molar-refractivity contribution in [3.05, 3.63) is 18.5 Å². The molecule has 0 spiro atoms. The lowest BCUT2D eigenvalue weighted by Gasteiger charge is -2.30. The Labute approximate surface area is 99.5 Å². The van der Waals surface area contributed by atoms with Crippen molar-refractivity contribution in [2.45, 2.75) is 37.7 Å². The van der Waals surface area contributed by atoms with E-state index < -0.39 is 11.5 Å². The lowest BCUT2D eigenvalue weighted by molar-refractivity contribution is -0.137. The molecule has 1 fully saturated rings. The van der Waals surface area contributed by atoms with Crippen LogP contribution in [0, 0.1) is 0 Å². The number of rotatable bonds is 2. The molecule has 3 N–H and O–H groups in total. The maximum absolute atomic E-state index is 11.9. The third-order valence-electron chi connectivity index (χ3n) is 3.15. The first kappa shape index (κ1) is 11.9. The zero-order chi connectivity index (χ0) is 12.3. The van der Waals surface area contributed by atoms with E-state index in [2.05, 4.69) is 10.3 Å². The highest BCUT2D eigenvalue weighted by Crippen LogP contribution is 2.30. The van der Waals surface area contributed by atoms with Crippen molar-refractivity contribution >= 4 is 11.6 Å². The number of anilines is 1. The van der Waals surface area contributed by atoms with Gasteiger partial charge in [0.2, 0.25) is 0 Å². The lowest BCUT2D eigenvalue weighted by Crippen LogP contribution is -2.44. The maximum Gasteiger partial charge on any atom is 0.256 e. The van der Waals surface area contributed by atoms with Gasteiger partial charge in [-0.05, 0) is 18.9 Å². The van der Waals surface area contributed by atoms with E-state index in [0.29, 0.717) is 12.8 Å². The quantitative estimate of drug-likeness (QED) is 0.725. The summed E-state index contributed by atoms with van der Waals surface area (Å²) in [5, 5.41) is 22.2. The van der Waals surface area contributed by atoms with Gasteiger partial charge in [0.15, 0.2) is 5.75 Å². The topological polar surface area (TPSA) is 82.5 Å². The number of hydrogen-bond acceptors (Lipinski definition) is 4. The van der Waals surface area contributed by atoms with Crippen molar-refractivity contribution in [2.75, 3.05) is 5.32 Å². The van der Waals surface area contributed by atoms with Gasteiger partial charge < -0.3 is 15.5 Å². The molecule has 5 nitrogen and oxygen atoms in total. The molecule has 0 unspecified atom stereocenters.